The molecule has 1 unspecified atom stereocenters. The summed E-state index contributed by atoms with van der Waals surface area (Å²) in [5, 5.41) is 2.59. The van der Waals surface area contributed by atoms with Gasteiger partial charge in [-0.2, -0.15) is 0 Å². The molecule has 3 rings (SSSR count). The SMILES string of the molecule is O=C(NC1CCCCC1)C(Cl)c1ccccc1C1CC1. The predicted octanol–water partition coefficient (Wildman–Crippen LogP) is 4.29. The van der Waals surface area contributed by atoms with Crippen molar-refractivity contribution >= 4 is 17.5 Å². The quantitative estimate of drug-likeness (QED) is 0.824. The van der Waals surface area contributed by atoms with Crippen LogP contribution in [0.25, 0.3) is 0 Å². The van der Waals surface area contributed by atoms with Gasteiger partial charge in [-0.1, -0.05) is 43.5 Å². The van der Waals surface area contributed by atoms with Crippen LogP contribution in [0.5, 0.6) is 0 Å². The molecule has 1 aromatic rings. The monoisotopic (exact) mass is 291 g/mol. The Bertz CT molecular complexity index is 478. The van der Waals surface area contributed by atoms with Crippen molar-refractivity contribution in [2.75, 3.05) is 0 Å². The Morgan fingerprint density at radius 3 is 2.50 bits per heavy atom. The third-order valence-electron chi connectivity index (χ3n) is 4.47. The molecule has 2 saturated carbocycles. The molecule has 2 nitrogen and oxygen atoms in total. The van der Waals surface area contributed by atoms with Crippen molar-refractivity contribution in [3.8, 4) is 0 Å². The van der Waals surface area contributed by atoms with Gasteiger partial charge in [0.05, 0.1) is 0 Å². The van der Waals surface area contributed by atoms with E-state index >= 15 is 0 Å². The number of hydrogen-bond acceptors (Lipinski definition) is 1. The molecular weight excluding hydrogens is 270 g/mol. The summed E-state index contributed by atoms with van der Waals surface area (Å²) < 4.78 is 0. The van der Waals surface area contributed by atoms with Gasteiger partial charge >= 0.3 is 0 Å². The largest absolute Gasteiger partial charge is 0.352 e. The molecule has 0 aliphatic heterocycles. The number of carbonyl (C=O) groups excluding carboxylic acids is 1. The molecular formula is C17H22ClNO. The lowest BCUT2D eigenvalue weighted by molar-refractivity contribution is -0.121. The highest BCUT2D eigenvalue weighted by Crippen LogP contribution is 2.43. The number of amides is 1. The van der Waals surface area contributed by atoms with Crippen LogP contribution in [0.3, 0.4) is 0 Å². The van der Waals surface area contributed by atoms with Crippen molar-refractivity contribution in [2.24, 2.45) is 0 Å². The zero-order valence-electron chi connectivity index (χ0n) is 11.8. The number of benzene rings is 1. The van der Waals surface area contributed by atoms with Crippen LogP contribution >= 0.6 is 11.6 Å². The van der Waals surface area contributed by atoms with Gasteiger partial charge < -0.3 is 5.32 Å². The molecule has 0 saturated heterocycles. The Balaban J connectivity index is 1.68. The van der Waals surface area contributed by atoms with Crippen LogP contribution in [0.1, 0.15) is 67.4 Å². The first kappa shape index (κ1) is 13.9. The van der Waals surface area contributed by atoms with Crippen molar-refractivity contribution in [2.45, 2.75) is 62.3 Å². The summed E-state index contributed by atoms with van der Waals surface area (Å²) in [6, 6.07) is 8.47. The highest BCUT2D eigenvalue weighted by molar-refractivity contribution is 6.30. The van der Waals surface area contributed by atoms with E-state index in [1.807, 2.05) is 18.2 Å². The van der Waals surface area contributed by atoms with Gasteiger partial charge in [0.2, 0.25) is 5.91 Å². The van der Waals surface area contributed by atoms with Crippen LogP contribution in [0.4, 0.5) is 0 Å². The molecule has 2 fully saturated rings. The Morgan fingerprint density at radius 1 is 1.10 bits per heavy atom. The first-order valence-corrected chi connectivity index (χ1v) is 8.22. The molecule has 0 heterocycles. The van der Waals surface area contributed by atoms with Crippen LogP contribution in [-0.2, 0) is 4.79 Å². The second-order valence-corrected chi connectivity index (χ2v) is 6.55. The molecule has 2 aliphatic carbocycles. The first-order valence-electron chi connectivity index (χ1n) is 7.79. The average molecular weight is 292 g/mol. The fourth-order valence-corrected chi connectivity index (χ4v) is 3.43. The summed E-state index contributed by atoms with van der Waals surface area (Å²) in [7, 11) is 0. The number of nitrogens with one attached hydrogen (secondary N) is 1. The highest BCUT2D eigenvalue weighted by atomic mass is 35.5. The van der Waals surface area contributed by atoms with E-state index in [0.29, 0.717) is 12.0 Å². The Hall–Kier alpha value is -1.02. The minimum absolute atomic E-state index is 0.0216. The third kappa shape index (κ3) is 3.17. The van der Waals surface area contributed by atoms with Crippen molar-refractivity contribution in [1.29, 1.82) is 0 Å². The molecule has 1 atom stereocenters. The number of carbonyl (C=O) groups is 1. The minimum atomic E-state index is -0.547. The van der Waals surface area contributed by atoms with E-state index in [0.717, 1.165) is 18.4 Å². The van der Waals surface area contributed by atoms with E-state index in [1.54, 1.807) is 0 Å². The van der Waals surface area contributed by atoms with Gasteiger partial charge in [-0.3, -0.25) is 4.79 Å². The normalized spacial score (nSPS) is 21.4. The van der Waals surface area contributed by atoms with Crippen molar-refractivity contribution in [3.63, 3.8) is 0 Å². The lowest BCUT2D eigenvalue weighted by Gasteiger charge is -2.24. The van der Waals surface area contributed by atoms with E-state index in [1.165, 1.54) is 37.7 Å². The van der Waals surface area contributed by atoms with Gasteiger partial charge in [0, 0.05) is 6.04 Å². The van der Waals surface area contributed by atoms with Crippen LogP contribution in [0, 0.1) is 0 Å². The molecule has 2 aliphatic rings. The number of rotatable bonds is 4. The van der Waals surface area contributed by atoms with Gasteiger partial charge in [0.1, 0.15) is 5.38 Å². The molecule has 3 heteroatoms. The topological polar surface area (TPSA) is 29.1 Å². The van der Waals surface area contributed by atoms with Crippen LogP contribution in [-0.4, -0.2) is 11.9 Å². The average Bonchev–Trinajstić information content (AvgIpc) is 3.32. The van der Waals surface area contributed by atoms with Crippen molar-refractivity contribution < 1.29 is 4.79 Å². The Kier molecular flexibility index (Phi) is 4.30. The Morgan fingerprint density at radius 2 is 1.80 bits per heavy atom. The van der Waals surface area contributed by atoms with Crippen molar-refractivity contribution in [3.05, 3.63) is 35.4 Å². The third-order valence-corrected chi connectivity index (χ3v) is 4.90. The van der Waals surface area contributed by atoms with Crippen LogP contribution in [0.2, 0.25) is 0 Å². The lowest BCUT2D eigenvalue weighted by atomic mass is 9.95. The summed E-state index contributed by atoms with van der Waals surface area (Å²) in [6.07, 6.45) is 8.38. The zero-order valence-corrected chi connectivity index (χ0v) is 12.5. The van der Waals surface area contributed by atoms with E-state index in [9.17, 15) is 4.79 Å². The Labute approximate surface area is 125 Å². The predicted molar refractivity (Wildman–Crippen MR) is 82.0 cm³/mol. The molecule has 20 heavy (non-hydrogen) atoms. The fourth-order valence-electron chi connectivity index (χ4n) is 3.17. The van der Waals surface area contributed by atoms with Gasteiger partial charge in [0.25, 0.3) is 0 Å². The van der Waals surface area contributed by atoms with Gasteiger partial charge in [-0.05, 0) is 42.7 Å². The van der Waals surface area contributed by atoms with E-state index < -0.39 is 5.38 Å². The molecule has 0 radical (unpaired) electrons. The zero-order chi connectivity index (χ0) is 13.9. The molecule has 1 N–H and O–H groups in total. The number of hydrogen-bond donors (Lipinski definition) is 1. The number of halogens is 1. The summed E-state index contributed by atoms with van der Waals surface area (Å²) in [4.78, 5) is 12.4. The highest BCUT2D eigenvalue weighted by Gasteiger charge is 2.30. The summed E-state index contributed by atoms with van der Waals surface area (Å²) in [5.74, 6) is 0.599. The maximum atomic E-state index is 12.4. The molecule has 1 amide bonds. The molecule has 108 valence electrons. The standard InChI is InChI=1S/C17H22ClNO/c18-16(17(20)19-13-6-2-1-3-7-13)15-9-5-4-8-14(15)12-10-11-12/h4-5,8-9,12-13,16H,1-3,6-7,10-11H2,(H,19,20). The lowest BCUT2D eigenvalue weighted by Crippen LogP contribution is -2.38. The van der Waals surface area contributed by atoms with Gasteiger partial charge in [0.15, 0.2) is 0 Å². The summed E-state index contributed by atoms with van der Waals surface area (Å²) in [6.45, 7) is 0. The molecule has 0 aromatic heterocycles. The van der Waals surface area contributed by atoms with E-state index in [-0.39, 0.29) is 5.91 Å². The fraction of sp³-hybridized carbons (Fsp3) is 0.588. The van der Waals surface area contributed by atoms with Crippen LogP contribution < -0.4 is 5.32 Å². The summed E-state index contributed by atoms with van der Waals surface area (Å²) >= 11 is 6.44. The van der Waals surface area contributed by atoms with Crippen LogP contribution in [0.15, 0.2) is 24.3 Å². The van der Waals surface area contributed by atoms with Gasteiger partial charge in [-0.25, -0.2) is 0 Å². The van der Waals surface area contributed by atoms with Gasteiger partial charge in [-0.15, -0.1) is 11.6 Å². The smallest absolute Gasteiger partial charge is 0.242 e. The molecule has 0 spiro atoms. The maximum Gasteiger partial charge on any atom is 0.242 e. The second kappa shape index (κ2) is 6.17. The first-order chi connectivity index (χ1) is 9.75. The second-order valence-electron chi connectivity index (χ2n) is 6.11. The minimum Gasteiger partial charge on any atom is -0.352 e. The maximum absolute atomic E-state index is 12.4. The van der Waals surface area contributed by atoms with E-state index in [2.05, 4.69) is 11.4 Å². The molecule has 1 aromatic carbocycles. The molecule has 0 bridgehead atoms. The van der Waals surface area contributed by atoms with Crippen molar-refractivity contribution in [1.82, 2.24) is 5.32 Å². The summed E-state index contributed by atoms with van der Waals surface area (Å²) in [5.41, 5.74) is 2.27. The number of alkyl halides is 1. The van der Waals surface area contributed by atoms with E-state index in [4.69, 9.17) is 11.6 Å².